The summed E-state index contributed by atoms with van der Waals surface area (Å²) in [5, 5.41) is 0. The van der Waals surface area contributed by atoms with Crippen LogP contribution in [0.25, 0.3) is 5.76 Å². The highest BCUT2D eigenvalue weighted by Crippen LogP contribution is 2.31. The molecule has 1 aromatic rings. The Morgan fingerprint density at radius 3 is 3.08 bits per heavy atom. The second kappa shape index (κ2) is 3.00. The lowest BCUT2D eigenvalue weighted by Gasteiger charge is -2.00. The number of benzene rings is 1. The summed E-state index contributed by atoms with van der Waals surface area (Å²) in [5.41, 5.74) is 4.96. The van der Waals surface area contributed by atoms with E-state index in [9.17, 15) is 0 Å². The van der Waals surface area contributed by atoms with E-state index in [4.69, 9.17) is 9.47 Å². The number of rotatable bonds is 1. The third kappa shape index (κ3) is 1.21. The molecular weight excluding hydrogens is 164 g/mol. The van der Waals surface area contributed by atoms with Crippen LogP contribution in [0.2, 0.25) is 0 Å². The molecule has 0 saturated heterocycles. The van der Waals surface area contributed by atoms with Gasteiger partial charge in [0.1, 0.15) is 12.4 Å². The van der Waals surface area contributed by atoms with Crippen molar-refractivity contribution >= 4 is 5.76 Å². The summed E-state index contributed by atoms with van der Waals surface area (Å²) in [7, 11) is 1.65. The van der Waals surface area contributed by atoms with Gasteiger partial charge in [0.2, 0.25) is 0 Å². The van der Waals surface area contributed by atoms with E-state index in [0.29, 0.717) is 6.61 Å². The van der Waals surface area contributed by atoms with Gasteiger partial charge in [-0.05, 0) is 18.2 Å². The van der Waals surface area contributed by atoms with Crippen molar-refractivity contribution in [2.45, 2.75) is 6.61 Å². The van der Waals surface area contributed by atoms with Gasteiger partial charge in [-0.15, -0.1) is 0 Å². The molecule has 0 aliphatic carbocycles. The van der Waals surface area contributed by atoms with E-state index in [1.165, 1.54) is 0 Å². The largest absolute Gasteiger partial charge is 0.497 e. The Labute approximate surface area is 77.1 Å². The fraction of sp³-hybridized carbons (Fsp3) is 0.182. The van der Waals surface area contributed by atoms with Gasteiger partial charge in [0, 0.05) is 11.1 Å². The van der Waals surface area contributed by atoms with E-state index in [0.717, 1.165) is 22.6 Å². The van der Waals surface area contributed by atoms with Crippen LogP contribution in [0.5, 0.6) is 5.75 Å². The lowest BCUT2D eigenvalue weighted by atomic mass is 10.1. The van der Waals surface area contributed by atoms with Crippen LogP contribution in [-0.4, -0.2) is 7.11 Å². The molecule has 13 heavy (non-hydrogen) atoms. The van der Waals surface area contributed by atoms with Crippen molar-refractivity contribution in [3.63, 3.8) is 0 Å². The van der Waals surface area contributed by atoms with Gasteiger partial charge >= 0.3 is 0 Å². The molecular formula is C11H10O2. The summed E-state index contributed by atoms with van der Waals surface area (Å²) >= 11 is 0. The van der Waals surface area contributed by atoms with E-state index in [1.54, 1.807) is 7.11 Å². The van der Waals surface area contributed by atoms with Crippen LogP contribution < -0.4 is 4.74 Å². The zero-order chi connectivity index (χ0) is 9.26. The fourth-order valence-corrected chi connectivity index (χ4v) is 1.41. The molecule has 0 saturated carbocycles. The Bertz CT molecular complexity index is 387. The highest BCUT2D eigenvalue weighted by atomic mass is 16.5. The summed E-state index contributed by atoms with van der Waals surface area (Å²) in [6.45, 7) is 4.15. The molecule has 1 aliphatic heterocycles. The smallest absolute Gasteiger partial charge is 0.169 e. The van der Waals surface area contributed by atoms with E-state index in [1.807, 2.05) is 18.2 Å². The van der Waals surface area contributed by atoms with Crippen molar-refractivity contribution in [2.75, 3.05) is 7.11 Å². The molecule has 1 aromatic carbocycles. The van der Waals surface area contributed by atoms with Crippen LogP contribution in [0.3, 0.4) is 0 Å². The average molecular weight is 174 g/mol. The van der Waals surface area contributed by atoms with Crippen molar-refractivity contribution in [1.29, 1.82) is 0 Å². The normalized spacial score (nSPS) is 13.2. The lowest BCUT2D eigenvalue weighted by molar-refractivity contribution is 0.285. The van der Waals surface area contributed by atoms with Gasteiger partial charge in [-0.2, -0.15) is 0 Å². The Morgan fingerprint density at radius 2 is 2.38 bits per heavy atom. The minimum absolute atomic E-state index is 0.588. The monoisotopic (exact) mass is 174 g/mol. The van der Waals surface area contributed by atoms with Gasteiger partial charge < -0.3 is 9.47 Å². The molecule has 2 nitrogen and oxygen atoms in total. The molecule has 0 atom stereocenters. The summed E-state index contributed by atoms with van der Waals surface area (Å²) in [6, 6.07) is 5.85. The molecule has 2 heteroatoms. The summed E-state index contributed by atoms with van der Waals surface area (Å²) in [6.07, 6.45) is 0. The first-order valence-electron chi connectivity index (χ1n) is 4.05. The average Bonchev–Trinajstić information content (AvgIpc) is 2.59. The Kier molecular flexibility index (Phi) is 1.84. The maximum Gasteiger partial charge on any atom is 0.169 e. The van der Waals surface area contributed by atoms with Crippen LogP contribution in [0.4, 0.5) is 0 Å². The van der Waals surface area contributed by atoms with E-state index in [2.05, 4.69) is 12.3 Å². The summed E-state index contributed by atoms with van der Waals surface area (Å²) in [4.78, 5) is 0. The topological polar surface area (TPSA) is 18.5 Å². The molecule has 0 unspecified atom stereocenters. The quantitative estimate of drug-likeness (QED) is 0.608. The SMILES string of the molecule is C=C=C1OCc2cc(OC)ccc21. The molecule has 1 aliphatic rings. The maximum atomic E-state index is 5.36. The minimum Gasteiger partial charge on any atom is -0.497 e. The number of methoxy groups -OCH3 is 1. The third-order valence-corrected chi connectivity index (χ3v) is 2.09. The molecule has 0 aromatic heterocycles. The first-order chi connectivity index (χ1) is 6.35. The Balaban J connectivity index is 2.52. The number of ether oxygens (including phenoxy) is 2. The molecule has 1 heterocycles. The first kappa shape index (κ1) is 7.96. The Morgan fingerprint density at radius 1 is 1.54 bits per heavy atom. The van der Waals surface area contributed by atoms with Gasteiger partial charge in [0.05, 0.1) is 7.11 Å². The Hall–Kier alpha value is -1.66. The number of fused-ring (bicyclic) bond motifs is 1. The van der Waals surface area contributed by atoms with Crippen molar-refractivity contribution < 1.29 is 9.47 Å². The highest BCUT2D eigenvalue weighted by Gasteiger charge is 2.17. The van der Waals surface area contributed by atoms with Crippen molar-refractivity contribution in [3.8, 4) is 5.75 Å². The van der Waals surface area contributed by atoms with E-state index in [-0.39, 0.29) is 0 Å². The standard InChI is InChI=1S/C11H10O2/c1-3-11-10-5-4-9(12-2)6-8(10)7-13-11/h4-6H,1,7H2,2H3. The predicted octanol–water partition coefficient (Wildman–Crippen LogP) is 2.35. The molecule has 66 valence electrons. The fourth-order valence-electron chi connectivity index (χ4n) is 1.41. The second-order valence-electron chi connectivity index (χ2n) is 2.82. The molecule has 0 radical (unpaired) electrons. The minimum atomic E-state index is 0.588. The molecule has 0 bridgehead atoms. The molecule has 0 fully saturated rings. The van der Waals surface area contributed by atoms with Crippen molar-refractivity contribution in [3.05, 3.63) is 41.6 Å². The first-order valence-corrected chi connectivity index (χ1v) is 4.05. The van der Waals surface area contributed by atoms with Gasteiger partial charge in [-0.1, -0.05) is 12.3 Å². The van der Waals surface area contributed by atoms with Crippen LogP contribution in [0, 0.1) is 0 Å². The molecule has 2 rings (SSSR count). The van der Waals surface area contributed by atoms with Crippen LogP contribution in [-0.2, 0) is 11.3 Å². The van der Waals surface area contributed by atoms with Gasteiger partial charge in [0.25, 0.3) is 0 Å². The predicted molar refractivity (Wildman–Crippen MR) is 50.3 cm³/mol. The third-order valence-electron chi connectivity index (χ3n) is 2.09. The maximum absolute atomic E-state index is 5.36. The second-order valence-corrected chi connectivity index (χ2v) is 2.82. The highest BCUT2D eigenvalue weighted by molar-refractivity contribution is 5.66. The molecule has 0 amide bonds. The zero-order valence-corrected chi connectivity index (χ0v) is 7.46. The zero-order valence-electron chi connectivity index (χ0n) is 7.46. The van der Waals surface area contributed by atoms with Gasteiger partial charge in [-0.25, -0.2) is 0 Å². The van der Waals surface area contributed by atoms with Crippen LogP contribution >= 0.6 is 0 Å². The lowest BCUT2D eigenvalue weighted by Crippen LogP contribution is -1.85. The van der Waals surface area contributed by atoms with Crippen LogP contribution in [0.15, 0.2) is 30.5 Å². The van der Waals surface area contributed by atoms with Gasteiger partial charge in [0.15, 0.2) is 5.76 Å². The van der Waals surface area contributed by atoms with Gasteiger partial charge in [-0.3, -0.25) is 0 Å². The van der Waals surface area contributed by atoms with E-state index < -0.39 is 0 Å². The summed E-state index contributed by atoms with van der Waals surface area (Å²) < 4.78 is 10.5. The number of hydrogen-bond donors (Lipinski definition) is 0. The molecule has 0 N–H and O–H groups in total. The number of hydrogen-bond acceptors (Lipinski definition) is 2. The summed E-state index contributed by atoms with van der Waals surface area (Å²) in [5.74, 6) is 1.59. The van der Waals surface area contributed by atoms with Crippen LogP contribution in [0.1, 0.15) is 11.1 Å². The van der Waals surface area contributed by atoms with Crippen molar-refractivity contribution in [2.24, 2.45) is 0 Å². The molecule has 0 spiro atoms. The van der Waals surface area contributed by atoms with Crippen molar-refractivity contribution in [1.82, 2.24) is 0 Å². The van der Waals surface area contributed by atoms with E-state index >= 15 is 0 Å².